The van der Waals surface area contributed by atoms with Gasteiger partial charge in [-0.05, 0) is 38.2 Å². The number of carbonyl (C=O) groups excluding carboxylic acids is 2. The lowest BCUT2D eigenvalue weighted by Gasteiger charge is -2.37. The molecule has 1 aliphatic carbocycles. The maximum Gasteiger partial charge on any atom is 0.227 e. The Kier molecular flexibility index (Phi) is 5.72. The van der Waals surface area contributed by atoms with Crippen molar-refractivity contribution in [3.05, 3.63) is 35.4 Å². The summed E-state index contributed by atoms with van der Waals surface area (Å²) < 4.78 is 5.59. The minimum Gasteiger partial charge on any atom is -0.381 e. The zero-order valence-electron chi connectivity index (χ0n) is 16.9. The smallest absolute Gasteiger partial charge is 0.227 e. The third-order valence-corrected chi connectivity index (χ3v) is 6.95. The SMILES string of the molecule is Cc1cccc(CC(=O)N2CC(C(=O)NC3CCCC3)C3(CCOCC3)C2)c1. The maximum atomic E-state index is 13.2. The number of rotatable bonds is 4. The Morgan fingerprint density at radius 3 is 2.68 bits per heavy atom. The van der Waals surface area contributed by atoms with Gasteiger partial charge in [0.1, 0.15) is 0 Å². The Morgan fingerprint density at radius 1 is 1.21 bits per heavy atom. The van der Waals surface area contributed by atoms with Gasteiger partial charge in [-0.25, -0.2) is 0 Å². The van der Waals surface area contributed by atoms with Gasteiger partial charge in [-0.2, -0.15) is 0 Å². The van der Waals surface area contributed by atoms with E-state index in [1.807, 2.05) is 30.0 Å². The first-order valence-electron chi connectivity index (χ1n) is 10.8. The van der Waals surface area contributed by atoms with E-state index in [-0.39, 0.29) is 23.1 Å². The number of ether oxygens (including phenoxy) is 1. The molecule has 5 heteroatoms. The molecule has 4 rings (SSSR count). The largest absolute Gasteiger partial charge is 0.381 e. The second-order valence-electron chi connectivity index (χ2n) is 8.96. The van der Waals surface area contributed by atoms with Gasteiger partial charge >= 0.3 is 0 Å². The molecule has 28 heavy (non-hydrogen) atoms. The fourth-order valence-electron chi connectivity index (χ4n) is 5.28. The van der Waals surface area contributed by atoms with Crippen molar-refractivity contribution in [2.45, 2.75) is 57.9 Å². The summed E-state index contributed by atoms with van der Waals surface area (Å²) in [5.41, 5.74) is 2.09. The minimum absolute atomic E-state index is 0.113. The third kappa shape index (κ3) is 4.09. The molecule has 0 aromatic heterocycles. The summed E-state index contributed by atoms with van der Waals surface area (Å²) in [4.78, 5) is 28.1. The number of hydrogen-bond donors (Lipinski definition) is 1. The molecule has 0 bridgehead atoms. The first-order valence-corrected chi connectivity index (χ1v) is 10.8. The topological polar surface area (TPSA) is 58.6 Å². The molecule has 1 aromatic rings. The van der Waals surface area contributed by atoms with Gasteiger partial charge in [0.15, 0.2) is 0 Å². The van der Waals surface area contributed by atoms with Crippen molar-refractivity contribution in [1.82, 2.24) is 10.2 Å². The van der Waals surface area contributed by atoms with Gasteiger partial charge in [0.2, 0.25) is 11.8 Å². The van der Waals surface area contributed by atoms with Gasteiger partial charge in [0.05, 0.1) is 12.3 Å². The molecule has 2 heterocycles. The lowest BCUT2D eigenvalue weighted by Crippen LogP contribution is -2.46. The molecule has 1 N–H and O–H groups in total. The Hall–Kier alpha value is -1.88. The first-order chi connectivity index (χ1) is 13.6. The normalized spacial score (nSPS) is 24.6. The number of nitrogens with zero attached hydrogens (tertiary/aromatic N) is 1. The van der Waals surface area contributed by atoms with E-state index in [2.05, 4.69) is 11.4 Å². The summed E-state index contributed by atoms with van der Waals surface area (Å²) in [5.74, 6) is 0.172. The van der Waals surface area contributed by atoms with Gasteiger partial charge < -0.3 is 15.0 Å². The second-order valence-corrected chi connectivity index (χ2v) is 8.96. The molecular formula is C23H32N2O3. The van der Waals surface area contributed by atoms with Crippen molar-refractivity contribution >= 4 is 11.8 Å². The number of benzene rings is 1. The molecular weight excluding hydrogens is 352 g/mol. The highest BCUT2D eigenvalue weighted by Gasteiger charge is 2.51. The molecule has 3 aliphatic rings. The van der Waals surface area contributed by atoms with Gasteiger partial charge in [-0.3, -0.25) is 9.59 Å². The van der Waals surface area contributed by atoms with Gasteiger partial charge in [0.25, 0.3) is 0 Å². The number of hydrogen-bond acceptors (Lipinski definition) is 3. The van der Waals surface area contributed by atoms with Crippen LogP contribution in [0.2, 0.25) is 0 Å². The van der Waals surface area contributed by atoms with E-state index in [1.54, 1.807) is 0 Å². The monoisotopic (exact) mass is 384 g/mol. The van der Waals surface area contributed by atoms with E-state index in [1.165, 1.54) is 18.4 Å². The molecule has 5 nitrogen and oxygen atoms in total. The van der Waals surface area contributed by atoms with Crippen LogP contribution in [-0.2, 0) is 20.7 Å². The third-order valence-electron chi connectivity index (χ3n) is 6.95. The molecule has 1 saturated carbocycles. The Balaban J connectivity index is 1.47. The van der Waals surface area contributed by atoms with Crippen LogP contribution in [-0.4, -0.2) is 49.1 Å². The van der Waals surface area contributed by atoms with Crippen LogP contribution in [0.5, 0.6) is 0 Å². The van der Waals surface area contributed by atoms with E-state index >= 15 is 0 Å². The minimum atomic E-state index is -0.122. The number of amides is 2. The van der Waals surface area contributed by atoms with Crippen molar-refractivity contribution in [1.29, 1.82) is 0 Å². The molecule has 1 aromatic carbocycles. The summed E-state index contributed by atoms with van der Waals surface area (Å²) in [6.07, 6.45) is 6.72. The summed E-state index contributed by atoms with van der Waals surface area (Å²) in [6.45, 7) is 4.65. The molecule has 1 spiro atoms. The van der Waals surface area contributed by atoms with Crippen LogP contribution < -0.4 is 5.32 Å². The van der Waals surface area contributed by atoms with Crippen molar-refractivity contribution < 1.29 is 14.3 Å². The summed E-state index contributed by atoms with van der Waals surface area (Å²) in [7, 11) is 0. The fourth-order valence-corrected chi connectivity index (χ4v) is 5.28. The number of carbonyl (C=O) groups is 2. The van der Waals surface area contributed by atoms with Crippen LogP contribution in [0.4, 0.5) is 0 Å². The van der Waals surface area contributed by atoms with Crippen molar-refractivity contribution in [3.63, 3.8) is 0 Å². The van der Waals surface area contributed by atoms with Crippen LogP contribution in [0.3, 0.4) is 0 Å². The first kappa shape index (κ1) is 19.4. The quantitative estimate of drug-likeness (QED) is 0.868. The van der Waals surface area contributed by atoms with Crippen LogP contribution in [0.15, 0.2) is 24.3 Å². The number of nitrogens with one attached hydrogen (secondary N) is 1. The number of aryl methyl sites for hydroxylation is 1. The maximum absolute atomic E-state index is 13.2. The van der Waals surface area contributed by atoms with Gasteiger partial charge in [-0.1, -0.05) is 42.7 Å². The van der Waals surface area contributed by atoms with E-state index < -0.39 is 0 Å². The van der Waals surface area contributed by atoms with Crippen LogP contribution >= 0.6 is 0 Å². The Morgan fingerprint density at radius 2 is 1.96 bits per heavy atom. The summed E-state index contributed by atoms with van der Waals surface area (Å²) in [6, 6.07) is 8.45. The molecule has 2 aliphatic heterocycles. The summed E-state index contributed by atoms with van der Waals surface area (Å²) in [5, 5.41) is 3.29. The van der Waals surface area contributed by atoms with Crippen molar-refractivity contribution in [2.75, 3.05) is 26.3 Å². The van der Waals surface area contributed by atoms with E-state index in [9.17, 15) is 9.59 Å². The lowest BCUT2D eigenvalue weighted by molar-refractivity contribution is -0.130. The Bertz CT molecular complexity index is 720. The highest BCUT2D eigenvalue weighted by molar-refractivity contribution is 5.84. The van der Waals surface area contributed by atoms with Gasteiger partial charge in [0, 0.05) is 37.8 Å². The molecule has 1 unspecified atom stereocenters. The fraction of sp³-hybridized carbons (Fsp3) is 0.652. The average Bonchev–Trinajstić information content (AvgIpc) is 3.31. The zero-order chi connectivity index (χ0) is 19.6. The molecule has 0 radical (unpaired) electrons. The van der Waals surface area contributed by atoms with Crippen LogP contribution in [0, 0.1) is 18.3 Å². The highest BCUT2D eigenvalue weighted by Crippen LogP contribution is 2.44. The highest BCUT2D eigenvalue weighted by atomic mass is 16.5. The zero-order valence-corrected chi connectivity index (χ0v) is 16.9. The number of likely N-dealkylation sites (tertiary alicyclic amines) is 1. The predicted octanol–water partition coefficient (Wildman–Crippen LogP) is 2.85. The van der Waals surface area contributed by atoms with E-state index in [0.717, 1.165) is 31.2 Å². The standard InChI is InChI=1S/C23H32N2O3/c1-17-5-4-6-18(13-17)14-21(26)25-15-20(22(27)24-19-7-2-3-8-19)23(16-25)9-11-28-12-10-23/h4-6,13,19-20H,2-3,7-12,14-16H2,1H3,(H,24,27). The average molecular weight is 385 g/mol. The molecule has 2 saturated heterocycles. The van der Waals surface area contributed by atoms with E-state index in [4.69, 9.17) is 4.74 Å². The van der Waals surface area contributed by atoms with Gasteiger partial charge in [-0.15, -0.1) is 0 Å². The molecule has 152 valence electrons. The van der Waals surface area contributed by atoms with Crippen LogP contribution in [0.25, 0.3) is 0 Å². The van der Waals surface area contributed by atoms with Crippen molar-refractivity contribution in [2.24, 2.45) is 11.3 Å². The predicted molar refractivity (Wildman–Crippen MR) is 108 cm³/mol. The van der Waals surface area contributed by atoms with Crippen LogP contribution in [0.1, 0.15) is 49.7 Å². The second kappa shape index (κ2) is 8.24. The molecule has 1 atom stereocenters. The molecule has 2 amide bonds. The Labute approximate surface area is 167 Å². The summed E-state index contributed by atoms with van der Waals surface area (Å²) >= 11 is 0. The molecule has 3 fully saturated rings. The van der Waals surface area contributed by atoms with E-state index in [0.29, 0.717) is 38.8 Å². The lowest BCUT2D eigenvalue weighted by atomic mass is 9.71. The van der Waals surface area contributed by atoms with Crippen molar-refractivity contribution in [3.8, 4) is 0 Å².